The minimum atomic E-state index is -0.706. The number of aromatic nitrogens is 3. The van der Waals surface area contributed by atoms with Crippen LogP contribution in [0.3, 0.4) is 0 Å². The second-order valence-corrected chi connectivity index (χ2v) is 5.05. The molecule has 0 bridgehead atoms. The molecule has 112 valence electrons. The van der Waals surface area contributed by atoms with Crippen molar-refractivity contribution >= 4 is 0 Å². The van der Waals surface area contributed by atoms with Gasteiger partial charge in [-0.1, -0.05) is 5.21 Å². The first-order valence-corrected chi connectivity index (χ1v) is 6.91. The van der Waals surface area contributed by atoms with Crippen molar-refractivity contribution in [1.82, 2.24) is 20.3 Å². The maximum Gasteiger partial charge on any atom is 0.167 e. The average molecular weight is 294 g/mol. The number of hydrogen-bond acceptors (Lipinski definition) is 4. The van der Waals surface area contributed by atoms with Gasteiger partial charge in [0.1, 0.15) is 12.4 Å². The minimum Gasteiger partial charge on any atom is -0.489 e. The molecule has 1 saturated carbocycles. The van der Waals surface area contributed by atoms with E-state index in [0.717, 1.165) is 17.8 Å². The van der Waals surface area contributed by atoms with Gasteiger partial charge in [0, 0.05) is 24.8 Å². The van der Waals surface area contributed by atoms with Crippen LogP contribution in [0.2, 0.25) is 0 Å². The van der Waals surface area contributed by atoms with E-state index in [9.17, 15) is 8.78 Å². The number of rotatable bonds is 7. The summed E-state index contributed by atoms with van der Waals surface area (Å²) < 4.78 is 33.0. The van der Waals surface area contributed by atoms with E-state index in [0.29, 0.717) is 19.1 Å². The van der Waals surface area contributed by atoms with Crippen LogP contribution in [0.25, 0.3) is 0 Å². The predicted molar refractivity (Wildman–Crippen MR) is 71.7 cm³/mol. The fraction of sp³-hybridized carbons (Fsp3) is 0.429. The summed E-state index contributed by atoms with van der Waals surface area (Å²) in [5.41, 5.74) is 0.870. The smallest absolute Gasteiger partial charge is 0.167 e. The molecule has 1 aliphatic carbocycles. The fourth-order valence-electron chi connectivity index (χ4n) is 1.91. The molecular weight excluding hydrogens is 278 g/mol. The monoisotopic (exact) mass is 294 g/mol. The molecule has 0 radical (unpaired) electrons. The minimum absolute atomic E-state index is 0.0344. The summed E-state index contributed by atoms with van der Waals surface area (Å²) in [5.74, 6) is -1.29. The van der Waals surface area contributed by atoms with Crippen molar-refractivity contribution < 1.29 is 13.5 Å². The van der Waals surface area contributed by atoms with E-state index in [-0.39, 0.29) is 12.4 Å². The number of halogens is 2. The van der Waals surface area contributed by atoms with E-state index in [1.165, 1.54) is 18.9 Å². The molecule has 1 fully saturated rings. The first-order chi connectivity index (χ1) is 10.2. The summed E-state index contributed by atoms with van der Waals surface area (Å²) in [5, 5.41) is 11.4. The van der Waals surface area contributed by atoms with E-state index in [1.54, 1.807) is 4.68 Å². The highest BCUT2D eigenvalue weighted by atomic mass is 19.1. The van der Waals surface area contributed by atoms with Crippen LogP contribution >= 0.6 is 0 Å². The van der Waals surface area contributed by atoms with Crippen molar-refractivity contribution in [3.05, 3.63) is 41.7 Å². The maximum absolute atomic E-state index is 13.4. The molecule has 0 aliphatic heterocycles. The molecule has 2 aromatic rings. The first-order valence-electron chi connectivity index (χ1n) is 6.91. The molecule has 21 heavy (non-hydrogen) atoms. The molecule has 1 aliphatic rings. The quantitative estimate of drug-likeness (QED) is 0.847. The van der Waals surface area contributed by atoms with Crippen molar-refractivity contribution in [2.75, 3.05) is 6.61 Å². The van der Waals surface area contributed by atoms with E-state index in [4.69, 9.17) is 4.74 Å². The first kappa shape index (κ1) is 13.9. The zero-order valence-electron chi connectivity index (χ0n) is 11.4. The van der Waals surface area contributed by atoms with E-state index in [1.807, 2.05) is 6.20 Å². The van der Waals surface area contributed by atoms with Gasteiger partial charge in [-0.2, -0.15) is 0 Å². The lowest BCUT2D eigenvalue weighted by Crippen LogP contribution is -2.15. The van der Waals surface area contributed by atoms with Crippen molar-refractivity contribution in [2.45, 2.75) is 32.0 Å². The van der Waals surface area contributed by atoms with Gasteiger partial charge in [-0.25, -0.2) is 13.5 Å². The summed E-state index contributed by atoms with van der Waals surface area (Å²) in [6.07, 6.45) is 4.29. The second-order valence-electron chi connectivity index (χ2n) is 5.05. The molecule has 5 nitrogen and oxygen atoms in total. The Kier molecular flexibility index (Phi) is 4.10. The largest absolute Gasteiger partial charge is 0.489 e. The van der Waals surface area contributed by atoms with Gasteiger partial charge in [0.15, 0.2) is 11.6 Å². The number of nitrogens with zero attached hydrogens (tertiary/aromatic N) is 3. The van der Waals surface area contributed by atoms with Crippen molar-refractivity contribution in [1.29, 1.82) is 0 Å². The van der Waals surface area contributed by atoms with E-state index < -0.39 is 11.6 Å². The molecule has 3 rings (SSSR count). The van der Waals surface area contributed by atoms with Gasteiger partial charge >= 0.3 is 0 Å². The SMILES string of the molecule is Fc1ccc(OCCn2cc(CNC3CC3)nn2)c(F)c1. The zero-order chi connectivity index (χ0) is 14.7. The van der Waals surface area contributed by atoms with Gasteiger partial charge in [0.2, 0.25) is 0 Å². The van der Waals surface area contributed by atoms with E-state index >= 15 is 0 Å². The van der Waals surface area contributed by atoms with Gasteiger partial charge in [0.25, 0.3) is 0 Å². The standard InChI is InChI=1S/C14H16F2N4O/c15-10-1-4-14(13(16)7-10)21-6-5-20-9-12(18-19-20)8-17-11-2-3-11/h1,4,7,9,11,17H,2-3,5-6,8H2. The summed E-state index contributed by atoms with van der Waals surface area (Å²) in [4.78, 5) is 0. The third kappa shape index (κ3) is 3.98. The molecule has 1 N–H and O–H groups in total. The van der Waals surface area contributed by atoms with Gasteiger partial charge < -0.3 is 10.1 Å². The zero-order valence-corrected chi connectivity index (χ0v) is 11.4. The normalized spacial score (nSPS) is 14.4. The molecule has 0 spiro atoms. The third-order valence-electron chi connectivity index (χ3n) is 3.21. The van der Waals surface area contributed by atoms with Crippen LogP contribution < -0.4 is 10.1 Å². The Morgan fingerprint density at radius 1 is 1.33 bits per heavy atom. The Balaban J connectivity index is 1.46. The predicted octanol–water partition coefficient (Wildman–Crippen LogP) is 1.89. The van der Waals surface area contributed by atoms with Crippen molar-refractivity contribution in [3.63, 3.8) is 0 Å². The Hall–Kier alpha value is -2.02. The highest BCUT2D eigenvalue weighted by Gasteiger charge is 2.20. The molecule has 0 saturated heterocycles. The Morgan fingerprint density at radius 2 is 2.19 bits per heavy atom. The van der Waals surface area contributed by atoms with Gasteiger partial charge in [-0.05, 0) is 25.0 Å². The Morgan fingerprint density at radius 3 is 2.95 bits per heavy atom. The number of benzene rings is 1. The summed E-state index contributed by atoms with van der Waals surface area (Å²) >= 11 is 0. The molecule has 0 unspecified atom stereocenters. The van der Waals surface area contributed by atoms with E-state index in [2.05, 4.69) is 15.6 Å². The van der Waals surface area contributed by atoms with Gasteiger partial charge in [0.05, 0.1) is 12.2 Å². The van der Waals surface area contributed by atoms with Gasteiger partial charge in [-0.15, -0.1) is 5.10 Å². The third-order valence-corrected chi connectivity index (χ3v) is 3.21. The summed E-state index contributed by atoms with van der Waals surface area (Å²) in [6.45, 7) is 1.40. The Bertz CT molecular complexity index is 613. The topological polar surface area (TPSA) is 52.0 Å². The van der Waals surface area contributed by atoms with Crippen LogP contribution in [0, 0.1) is 11.6 Å². The van der Waals surface area contributed by atoms with Crippen LogP contribution in [0.4, 0.5) is 8.78 Å². The highest BCUT2D eigenvalue weighted by Crippen LogP contribution is 2.19. The van der Waals surface area contributed by atoms with Crippen LogP contribution in [0.15, 0.2) is 24.4 Å². The molecule has 0 amide bonds. The molecule has 0 atom stereocenters. The van der Waals surface area contributed by atoms with Crippen LogP contribution in [0.5, 0.6) is 5.75 Å². The molecule has 1 aromatic carbocycles. The highest BCUT2D eigenvalue weighted by molar-refractivity contribution is 5.24. The molecule has 1 aromatic heterocycles. The summed E-state index contributed by atoms with van der Waals surface area (Å²) in [6, 6.07) is 3.86. The average Bonchev–Trinajstić information content (AvgIpc) is 3.18. The van der Waals surface area contributed by atoms with Crippen LogP contribution in [-0.2, 0) is 13.1 Å². The Labute approximate surface area is 120 Å². The molecule has 7 heteroatoms. The lowest BCUT2D eigenvalue weighted by Gasteiger charge is -2.06. The second kappa shape index (κ2) is 6.17. The molecular formula is C14H16F2N4O. The van der Waals surface area contributed by atoms with Crippen molar-refractivity contribution in [2.24, 2.45) is 0 Å². The van der Waals surface area contributed by atoms with Gasteiger partial charge in [-0.3, -0.25) is 0 Å². The number of hydrogen-bond donors (Lipinski definition) is 1. The lowest BCUT2D eigenvalue weighted by atomic mass is 10.3. The lowest BCUT2D eigenvalue weighted by molar-refractivity contribution is 0.276. The summed E-state index contributed by atoms with van der Waals surface area (Å²) in [7, 11) is 0. The maximum atomic E-state index is 13.4. The molecule has 1 heterocycles. The fourth-order valence-corrected chi connectivity index (χ4v) is 1.91. The number of ether oxygens (including phenoxy) is 1. The van der Waals surface area contributed by atoms with Crippen molar-refractivity contribution in [3.8, 4) is 5.75 Å². The van der Waals surface area contributed by atoms with Crippen LogP contribution in [-0.4, -0.2) is 27.6 Å². The van der Waals surface area contributed by atoms with Crippen LogP contribution in [0.1, 0.15) is 18.5 Å². The number of nitrogens with one attached hydrogen (secondary N) is 1.